The van der Waals surface area contributed by atoms with Crippen molar-refractivity contribution in [2.24, 2.45) is 0 Å². The maximum atomic E-state index is 12.0. The smallest absolute Gasteiger partial charge is 0.325 e. The molecule has 7 heteroatoms. The highest BCUT2D eigenvalue weighted by Gasteiger charge is 2.22. The van der Waals surface area contributed by atoms with Gasteiger partial charge in [-0.2, -0.15) is 0 Å². The van der Waals surface area contributed by atoms with Gasteiger partial charge in [0.1, 0.15) is 11.9 Å². The quantitative estimate of drug-likeness (QED) is 0.739. The summed E-state index contributed by atoms with van der Waals surface area (Å²) in [4.78, 5) is 39.6. The van der Waals surface area contributed by atoms with E-state index in [0.717, 1.165) is 17.7 Å². The van der Waals surface area contributed by atoms with Crippen LogP contribution in [0.3, 0.4) is 0 Å². The fraction of sp³-hybridized carbons (Fsp3) is 0.353. The Morgan fingerprint density at radius 1 is 1.29 bits per heavy atom. The fourth-order valence-corrected chi connectivity index (χ4v) is 2.85. The Morgan fingerprint density at radius 3 is 2.83 bits per heavy atom. The van der Waals surface area contributed by atoms with Crippen LogP contribution in [0.2, 0.25) is 0 Å². The number of hydrogen-bond acceptors (Lipinski definition) is 4. The summed E-state index contributed by atoms with van der Waals surface area (Å²) in [6, 6.07) is 7.82. The third-order valence-electron chi connectivity index (χ3n) is 4.10. The maximum Gasteiger partial charge on any atom is 0.325 e. The number of aryl methyl sites for hydroxylation is 1. The van der Waals surface area contributed by atoms with Crippen molar-refractivity contribution in [2.75, 3.05) is 6.54 Å². The second-order valence-corrected chi connectivity index (χ2v) is 5.87. The number of aromatic amines is 2. The van der Waals surface area contributed by atoms with Gasteiger partial charge in [-0.15, -0.1) is 0 Å². The lowest BCUT2D eigenvalue weighted by Gasteiger charge is -2.12. The third-order valence-corrected chi connectivity index (χ3v) is 4.10. The highest BCUT2D eigenvalue weighted by molar-refractivity contribution is 5.76. The molecule has 126 valence electrons. The molecular formula is C17H19N3O4. The van der Waals surface area contributed by atoms with Crippen LogP contribution in [0.25, 0.3) is 0 Å². The monoisotopic (exact) mass is 329 g/mol. The Morgan fingerprint density at radius 2 is 2.08 bits per heavy atom. The van der Waals surface area contributed by atoms with E-state index in [1.807, 2.05) is 24.3 Å². The van der Waals surface area contributed by atoms with E-state index in [-0.39, 0.29) is 24.9 Å². The molecule has 1 atom stereocenters. The van der Waals surface area contributed by atoms with E-state index in [2.05, 4.69) is 15.3 Å². The molecule has 0 saturated heterocycles. The van der Waals surface area contributed by atoms with Crippen molar-refractivity contribution >= 4 is 5.91 Å². The lowest BCUT2D eigenvalue weighted by Crippen LogP contribution is -2.35. The van der Waals surface area contributed by atoms with E-state index in [4.69, 9.17) is 4.74 Å². The number of amides is 1. The average molecular weight is 329 g/mol. The van der Waals surface area contributed by atoms with Gasteiger partial charge in [-0.25, -0.2) is 4.79 Å². The molecule has 0 aliphatic carbocycles. The Labute approximate surface area is 138 Å². The number of nitrogens with one attached hydrogen (secondary N) is 3. The molecule has 0 radical (unpaired) electrons. The van der Waals surface area contributed by atoms with Crippen molar-refractivity contribution in [2.45, 2.75) is 32.3 Å². The lowest BCUT2D eigenvalue weighted by atomic mass is 10.1. The van der Waals surface area contributed by atoms with Crippen molar-refractivity contribution in [1.29, 1.82) is 0 Å². The minimum atomic E-state index is -0.538. The van der Waals surface area contributed by atoms with Crippen molar-refractivity contribution < 1.29 is 9.53 Å². The zero-order valence-electron chi connectivity index (χ0n) is 13.3. The van der Waals surface area contributed by atoms with Crippen LogP contribution in [-0.2, 0) is 17.6 Å². The summed E-state index contributed by atoms with van der Waals surface area (Å²) in [5, 5.41) is 2.83. The molecule has 0 fully saturated rings. The first-order chi connectivity index (χ1) is 11.5. The Kier molecular flexibility index (Phi) is 4.50. The number of ether oxygens (including phenoxy) is 1. The summed E-state index contributed by atoms with van der Waals surface area (Å²) in [6.45, 7) is 2.07. The second-order valence-electron chi connectivity index (χ2n) is 5.87. The van der Waals surface area contributed by atoms with Crippen LogP contribution in [0.5, 0.6) is 5.75 Å². The maximum absolute atomic E-state index is 12.0. The number of benzene rings is 1. The molecule has 1 amide bonds. The molecule has 24 heavy (non-hydrogen) atoms. The van der Waals surface area contributed by atoms with Crippen LogP contribution in [0, 0.1) is 6.92 Å². The molecular weight excluding hydrogens is 310 g/mol. The van der Waals surface area contributed by atoms with Gasteiger partial charge < -0.3 is 15.0 Å². The van der Waals surface area contributed by atoms with Crippen LogP contribution < -0.4 is 21.3 Å². The fourth-order valence-electron chi connectivity index (χ4n) is 2.85. The summed E-state index contributed by atoms with van der Waals surface area (Å²) in [6.07, 6.45) is 1.16. The molecule has 1 aliphatic heterocycles. The highest BCUT2D eigenvalue weighted by Crippen LogP contribution is 2.27. The number of aromatic nitrogens is 2. The Bertz CT molecular complexity index is 844. The lowest BCUT2D eigenvalue weighted by molar-refractivity contribution is -0.121. The summed E-state index contributed by atoms with van der Waals surface area (Å²) in [7, 11) is 0. The second kappa shape index (κ2) is 6.74. The van der Waals surface area contributed by atoms with Gasteiger partial charge in [0, 0.05) is 24.1 Å². The zero-order valence-corrected chi connectivity index (χ0v) is 13.3. The van der Waals surface area contributed by atoms with Crippen LogP contribution in [0.4, 0.5) is 0 Å². The summed E-state index contributed by atoms with van der Waals surface area (Å²) < 4.78 is 5.76. The summed E-state index contributed by atoms with van der Waals surface area (Å²) >= 11 is 0. The number of fused-ring (bicyclic) bond motifs is 1. The van der Waals surface area contributed by atoms with Gasteiger partial charge in [0.05, 0.1) is 6.54 Å². The van der Waals surface area contributed by atoms with E-state index >= 15 is 0 Å². The molecule has 0 unspecified atom stereocenters. The molecule has 1 aromatic carbocycles. The molecule has 3 rings (SSSR count). The standard InChI is InChI=1S/C17H19N3O4/c1-10-13(16(22)20-17(23)19-10)6-7-15(21)18-9-12-8-11-4-2-3-5-14(11)24-12/h2-5,12H,6-9H2,1H3,(H,18,21)(H2,19,20,22,23)/t12-/m0/s1. The molecule has 2 aromatic rings. The van der Waals surface area contributed by atoms with Gasteiger partial charge in [-0.3, -0.25) is 14.6 Å². The SMILES string of the molecule is Cc1[nH]c(=O)[nH]c(=O)c1CCC(=O)NC[C@@H]1Cc2ccccc2O1. The molecule has 3 N–H and O–H groups in total. The molecule has 2 heterocycles. The van der Waals surface area contributed by atoms with Crippen molar-refractivity contribution in [3.05, 3.63) is 61.9 Å². The topological polar surface area (TPSA) is 104 Å². The number of para-hydroxylation sites is 1. The van der Waals surface area contributed by atoms with Crippen LogP contribution >= 0.6 is 0 Å². The normalized spacial score (nSPS) is 15.6. The zero-order chi connectivity index (χ0) is 17.1. The van der Waals surface area contributed by atoms with Gasteiger partial charge >= 0.3 is 5.69 Å². The highest BCUT2D eigenvalue weighted by atomic mass is 16.5. The summed E-state index contributed by atoms with van der Waals surface area (Å²) in [5.74, 6) is 0.715. The van der Waals surface area contributed by atoms with Crippen LogP contribution in [0.15, 0.2) is 33.9 Å². The largest absolute Gasteiger partial charge is 0.488 e. The number of H-pyrrole nitrogens is 2. The van der Waals surface area contributed by atoms with Crippen molar-refractivity contribution in [3.8, 4) is 5.75 Å². The molecule has 0 spiro atoms. The Hall–Kier alpha value is -2.83. The predicted octanol–water partition coefficient (Wildman–Crippen LogP) is 0.424. The summed E-state index contributed by atoms with van der Waals surface area (Å²) in [5.41, 5.74) is 1.08. The van der Waals surface area contributed by atoms with E-state index in [1.54, 1.807) is 6.92 Å². The van der Waals surface area contributed by atoms with E-state index < -0.39 is 11.2 Å². The molecule has 0 saturated carbocycles. The van der Waals surface area contributed by atoms with Gasteiger partial charge in [-0.1, -0.05) is 18.2 Å². The third kappa shape index (κ3) is 3.56. The molecule has 1 aliphatic rings. The van der Waals surface area contributed by atoms with Gasteiger partial charge in [0.2, 0.25) is 5.91 Å². The first-order valence-electron chi connectivity index (χ1n) is 7.86. The number of hydrogen-bond donors (Lipinski definition) is 3. The van der Waals surface area contributed by atoms with E-state index in [9.17, 15) is 14.4 Å². The van der Waals surface area contributed by atoms with E-state index in [0.29, 0.717) is 17.8 Å². The van der Waals surface area contributed by atoms with E-state index in [1.165, 1.54) is 0 Å². The first kappa shape index (κ1) is 16.0. The van der Waals surface area contributed by atoms with Gasteiger partial charge in [0.25, 0.3) is 5.56 Å². The average Bonchev–Trinajstić information content (AvgIpc) is 2.94. The molecule has 1 aromatic heterocycles. The Balaban J connectivity index is 1.49. The van der Waals surface area contributed by atoms with Crippen LogP contribution in [0.1, 0.15) is 23.2 Å². The van der Waals surface area contributed by atoms with Gasteiger partial charge in [-0.05, 0) is 25.0 Å². The molecule has 7 nitrogen and oxygen atoms in total. The number of carbonyl (C=O) groups is 1. The predicted molar refractivity (Wildman–Crippen MR) is 88.3 cm³/mol. The molecule has 0 bridgehead atoms. The first-order valence-corrected chi connectivity index (χ1v) is 7.86. The van der Waals surface area contributed by atoms with Gasteiger partial charge in [0.15, 0.2) is 0 Å². The van der Waals surface area contributed by atoms with Crippen LogP contribution in [-0.4, -0.2) is 28.5 Å². The number of carbonyl (C=O) groups excluding carboxylic acids is 1. The number of rotatable bonds is 5. The minimum Gasteiger partial charge on any atom is -0.488 e. The van der Waals surface area contributed by atoms with Crippen molar-refractivity contribution in [1.82, 2.24) is 15.3 Å². The minimum absolute atomic E-state index is 0.0652. The van der Waals surface area contributed by atoms with Crippen molar-refractivity contribution in [3.63, 3.8) is 0 Å².